The van der Waals surface area contributed by atoms with Gasteiger partial charge >= 0.3 is 0 Å². The first-order valence-electron chi connectivity index (χ1n) is 8.42. The van der Waals surface area contributed by atoms with Crippen molar-refractivity contribution in [2.45, 2.75) is 55.9 Å². The van der Waals surface area contributed by atoms with Gasteiger partial charge < -0.3 is 0 Å². The van der Waals surface area contributed by atoms with Crippen molar-refractivity contribution in [2.75, 3.05) is 4.90 Å². The van der Waals surface area contributed by atoms with Gasteiger partial charge in [0.15, 0.2) is 0 Å². The van der Waals surface area contributed by atoms with E-state index < -0.39 is 6.04 Å². The van der Waals surface area contributed by atoms with Crippen LogP contribution in [-0.4, -0.2) is 23.8 Å². The van der Waals surface area contributed by atoms with Gasteiger partial charge in [-0.2, -0.15) is 0 Å². The van der Waals surface area contributed by atoms with E-state index in [9.17, 15) is 14.4 Å². The molecule has 5 nitrogen and oxygen atoms in total. The minimum atomic E-state index is -0.550. The number of amides is 3. The van der Waals surface area contributed by atoms with Crippen LogP contribution in [0.5, 0.6) is 0 Å². The highest BCUT2D eigenvalue weighted by molar-refractivity contribution is 6.15. The van der Waals surface area contributed by atoms with Gasteiger partial charge in [0.2, 0.25) is 17.7 Å². The molecular weight excluding hydrogens is 292 g/mol. The van der Waals surface area contributed by atoms with Crippen LogP contribution < -0.4 is 10.2 Å². The zero-order valence-electron chi connectivity index (χ0n) is 12.8. The second-order valence-corrected chi connectivity index (χ2v) is 7.28. The second kappa shape index (κ2) is 4.22. The maximum Gasteiger partial charge on any atom is 0.249 e. The smallest absolute Gasteiger partial charge is 0.249 e. The third-order valence-electron chi connectivity index (χ3n) is 5.74. The number of piperidine rings is 1. The molecule has 2 aliphatic carbocycles. The molecule has 0 radical (unpaired) electrons. The Morgan fingerprint density at radius 2 is 1.87 bits per heavy atom. The van der Waals surface area contributed by atoms with Crippen molar-refractivity contribution in [2.24, 2.45) is 0 Å². The predicted octanol–water partition coefficient (Wildman–Crippen LogP) is 1.75. The van der Waals surface area contributed by atoms with Crippen molar-refractivity contribution in [1.82, 2.24) is 5.32 Å². The van der Waals surface area contributed by atoms with Crippen LogP contribution in [-0.2, 0) is 19.8 Å². The third-order valence-corrected chi connectivity index (χ3v) is 5.74. The van der Waals surface area contributed by atoms with Crippen molar-refractivity contribution in [3.8, 4) is 0 Å². The van der Waals surface area contributed by atoms with Gasteiger partial charge in [-0.15, -0.1) is 0 Å². The molecule has 5 rings (SSSR count). The average Bonchev–Trinajstić information content (AvgIpc) is 3.43. The standard InChI is InChI=1S/C18H18N2O3/c21-15-6-5-14(16(22)19-15)20-13-4-3-11(10-1-2-10)9-12(13)18(7-8-18)17(20)23/h3-4,9-10,14H,1-2,5-8H2,(H,19,21,22). The Labute approximate surface area is 134 Å². The highest BCUT2D eigenvalue weighted by Crippen LogP contribution is 2.59. The van der Waals surface area contributed by atoms with Crippen molar-refractivity contribution in [3.05, 3.63) is 29.3 Å². The number of carbonyl (C=O) groups excluding carboxylic acids is 3. The van der Waals surface area contributed by atoms with E-state index >= 15 is 0 Å². The van der Waals surface area contributed by atoms with Crippen LogP contribution in [0.3, 0.4) is 0 Å². The molecule has 1 saturated heterocycles. The SMILES string of the molecule is O=C1CCC(N2C(=O)C3(CC3)c3cc(C4CC4)ccc32)C(=O)N1. The molecule has 1 aromatic carbocycles. The maximum absolute atomic E-state index is 13.0. The number of fused-ring (bicyclic) bond motifs is 2. The molecule has 0 aromatic heterocycles. The number of carbonyl (C=O) groups is 3. The minimum absolute atomic E-state index is 0.0509. The lowest BCUT2D eigenvalue weighted by molar-refractivity contribution is -0.135. The average molecular weight is 310 g/mol. The first kappa shape index (κ1) is 13.3. The first-order valence-corrected chi connectivity index (χ1v) is 8.42. The van der Waals surface area contributed by atoms with Crippen molar-refractivity contribution < 1.29 is 14.4 Å². The van der Waals surface area contributed by atoms with E-state index in [0.29, 0.717) is 18.8 Å². The Hall–Kier alpha value is -2.17. The summed E-state index contributed by atoms with van der Waals surface area (Å²) in [6.07, 6.45) is 4.92. The number of rotatable bonds is 2. The van der Waals surface area contributed by atoms with Gasteiger partial charge in [-0.3, -0.25) is 24.6 Å². The highest BCUT2D eigenvalue weighted by Gasteiger charge is 2.61. The van der Waals surface area contributed by atoms with Gasteiger partial charge in [0.1, 0.15) is 6.04 Å². The van der Waals surface area contributed by atoms with E-state index in [1.165, 1.54) is 18.4 Å². The molecule has 1 unspecified atom stereocenters. The third kappa shape index (κ3) is 1.76. The Balaban J connectivity index is 1.58. The fourth-order valence-corrected chi connectivity index (χ4v) is 4.12. The van der Waals surface area contributed by atoms with Crippen molar-refractivity contribution in [3.63, 3.8) is 0 Å². The van der Waals surface area contributed by atoms with Gasteiger partial charge in [-0.1, -0.05) is 12.1 Å². The largest absolute Gasteiger partial charge is 0.299 e. The summed E-state index contributed by atoms with van der Waals surface area (Å²) in [5.74, 6) is 0.110. The van der Waals surface area contributed by atoms with Gasteiger partial charge in [0, 0.05) is 12.1 Å². The molecule has 2 saturated carbocycles. The topological polar surface area (TPSA) is 66.5 Å². The van der Waals surface area contributed by atoms with Crippen molar-refractivity contribution >= 4 is 23.4 Å². The van der Waals surface area contributed by atoms with E-state index in [2.05, 4.69) is 17.4 Å². The number of benzene rings is 1. The predicted molar refractivity (Wildman–Crippen MR) is 83.0 cm³/mol. The van der Waals surface area contributed by atoms with Gasteiger partial charge in [0.25, 0.3) is 0 Å². The monoisotopic (exact) mass is 310 g/mol. The lowest BCUT2D eigenvalue weighted by atomic mass is 9.95. The summed E-state index contributed by atoms with van der Waals surface area (Å²) >= 11 is 0. The summed E-state index contributed by atoms with van der Waals surface area (Å²) in [6, 6.07) is 5.76. The number of nitrogens with one attached hydrogen (secondary N) is 1. The van der Waals surface area contributed by atoms with Crippen LogP contribution in [0.4, 0.5) is 5.69 Å². The number of anilines is 1. The van der Waals surface area contributed by atoms with E-state index in [1.807, 2.05) is 6.07 Å². The van der Waals surface area contributed by atoms with E-state index in [-0.39, 0.29) is 23.1 Å². The molecule has 5 heteroatoms. The summed E-state index contributed by atoms with van der Waals surface area (Å²) in [5.41, 5.74) is 2.93. The number of imide groups is 1. The van der Waals surface area contributed by atoms with Crippen LogP contribution in [0.15, 0.2) is 18.2 Å². The molecule has 2 aliphatic heterocycles. The zero-order chi connectivity index (χ0) is 15.8. The fraction of sp³-hybridized carbons (Fsp3) is 0.500. The molecule has 3 amide bonds. The normalized spacial score (nSPS) is 28.1. The molecule has 1 atom stereocenters. The Kier molecular flexibility index (Phi) is 2.44. The molecule has 1 spiro atoms. The Bertz CT molecular complexity index is 762. The summed E-state index contributed by atoms with van der Waals surface area (Å²) in [6.45, 7) is 0. The van der Waals surface area contributed by atoms with E-state index in [1.54, 1.807) is 4.90 Å². The molecule has 23 heavy (non-hydrogen) atoms. The van der Waals surface area contributed by atoms with E-state index in [4.69, 9.17) is 0 Å². The lowest BCUT2D eigenvalue weighted by Gasteiger charge is -2.30. The molecular formula is C18H18N2O3. The van der Waals surface area contributed by atoms with Crippen LogP contribution >= 0.6 is 0 Å². The summed E-state index contributed by atoms with van der Waals surface area (Å²) in [4.78, 5) is 38.3. The molecule has 1 N–H and O–H groups in total. The second-order valence-electron chi connectivity index (χ2n) is 7.28. The first-order chi connectivity index (χ1) is 11.1. The number of hydrogen-bond donors (Lipinski definition) is 1. The molecule has 1 aromatic rings. The zero-order valence-corrected chi connectivity index (χ0v) is 12.8. The number of nitrogens with zero attached hydrogens (tertiary/aromatic N) is 1. The van der Waals surface area contributed by atoms with Gasteiger partial charge in [-0.05, 0) is 55.2 Å². The Morgan fingerprint density at radius 1 is 1.09 bits per heavy atom. The summed E-state index contributed by atoms with van der Waals surface area (Å²) < 4.78 is 0. The quantitative estimate of drug-likeness (QED) is 0.846. The van der Waals surface area contributed by atoms with Crippen LogP contribution in [0.1, 0.15) is 55.6 Å². The molecule has 118 valence electrons. The maximum atomic E-state index is 13.0. The van der Waals surface area contributed by atoms with Crippen LogP contribution in [0, 0.1) is 0 Å². The lowest BCUT2D eigenvalue weighted by Crippen LogP contribution is -2.54. The molecule has 0 bridgehead atoms. The molecule has 4 aliphatic rings. The Morgan fingerprint density at radius 3 is 2.52 bits per heavy atom. The summed E-state index contributed by atoms with van der Waals surface area (Å²) in [5, 5.41) is 2.37. The minimum Gasteiger partial charge on any atom is -0.299 e. The van der Waals surface area contributed by atoms with E-state index in [0.717, 1.165) is 24.1 Å². The van der Waals surface area contributed by atoms with Crippen LogP contribution in [0.25, 0.3) is 0 Å². The number of hydrogen-bond acceptors (Lipinski definition) is 3. The highest BCUT2D eigenvalue weighted by atomic mass is 16.2. The molecule has 2 heterocycles. The van der Waals surface area contributed by atoms with Crippen molar-refractivity contribution in [1.29, 1.82) is 0 Å². The fourth-order valence-electron chi connectivity index (χ4n) is 4.12. The van der Waals surface area contributed by atoms with Crippen LogP contribution in [0.2, 0.25) is 0 Å². The summed E-state index contributed by atoms with van der Waals surface area (Å²) in [7, 11) is 0. The molecule has 3 fully saturated rings. The van der Waals surface area contributed by atoms with Gasteiger partial charge in [-0.25, -0.2) is 0 Å². The van der Waals surface area contributed by atoms with Gasteiger partial charge in [0.05, 0.1) is 5.41 Å².